The van der Waals surface area contributed by atoms with E-state index in [1.807, 2.05) is 0 Å². The molecule has 0 radical (unpaired) electrons. The zero-order chi connectivity index (χ0) is 8.36. The fourth-order valence-corrected chi connectivity index (χ4v) is 2.06. The van der Waals surface area contributed by atoms with E-state index in [-0.39, 0.29) is 0 Å². The molecule has 0 fully saturated rings. The Morgan fingerprint density at radius 2 is 1.82 bits per heavy atom. The molecule has 66 valence electrons. The molecule has 0 atom stereocenters. The van der Waals surface area contributed by atoms with Gasteiger partial charge in [-0.1, -0.05) is 0 Å². The van der Waals surface area contributed by atoms with Crippen LogP contribution in [0.25, 0.3) is 0 Å². The van der Waals surface area contributed by atoms with Gasteiger partial charge in [0.05, 0.1) is 0 Å². The maximum absolute atomic E-state index is 2.33. The van der Waals surface area contributed by atoms with Crippen molar-refractivity contribution in [3.05, 3.63) is 12.2 Å². The van der Waals surface area contributed by atoms with Crippen molar-refractivity contribution in [2.75, 3.05) is 0 Å². The molecule has 0 bridgehead atoms. The minimum atomic E-state index is 0.906. The van der Waals surface area contributed by atoms with Gasteiger partial charge in [0.1, 0.15) is 0 Å². The molecule has 0 aliphatic rings. The van der Waals surface area contributed by atoms with E-state index in [9.17, 15) is 0 Å². The van der Waals surface area contributed by atoms with E-state index in [1.54, 1.807) is 0 Å². The molecule has 11 heavy (non-hydrogen) atoms. The van der Waals surface area contributed by atoms with Crippen molar-refractivity contribution >= 4 is 15.0 Å². The second kappa shape index (κ2) is 10.3. The summed E-state index contributed by atoms with van der Waals surface area (Å²) in [6.45, 7) is 2.10. The molecular formula is C10H20Se. The fraction of sp³-hybridized carbons (Fsp3) is 0.800. The Bertz CT molecular complexity index is 86.9. The zero-order valence-corrected chi connectivity index (χ0v) is 9.52. The summed E-state index contributed by atoms with van der Waals surface area (Å²) in [5.74, 6) is 2.33. The molecule has 0 saturated carbocycles. The first-order valence-corrected chi connectivity index (χ1v) is 7.44. The normalized spacial score (nSPS) is 11.1. The molecule has 0 aromatic rings. The van der Waals surface area contributed by atoms with Gasteiger partial charge in [-0.15, -0.1) is 0 Å². The van der Waals surface area contributed by atoms with E-state index in [1.165, 1.54) is 37.4 Å². The summed E-state index contributed by atoms with van der Waals surface area (Å²) in [5.41, 5.74) is 0. The number of hydrogen-bond acceptors (Lipinski definition) is 0. The molecule has 0 aliphatic carbocycles. The summed E-state index contributed by atoms with van der Waals surface area (Å²) < 4.78 is 0. The molecule has 0 aromatic carbocycles. The van der Waals surface area contributed by atoms with Crippen LogP contribution >= 0.6 is 0 Å². The average Bonchev–Trinajstić information content (AvgIpc) is 2.03. The van der Waals surface area contributed by atoms with Crippen LogP contribution in [0.3, 0.4) is 0 Å². The minimum absolute atomic E-state index is 0.906. The van der Waals surface area contributed by atoms with Crippen molar-refractivity contribution in [3.63, 3.8) is 0 Å². The van der Waals surface area contributed by atoms with Crippen LogP contribution < -0.4 is 0 Å². The standard InChI is InChI=1S/C10H20Se/c1-3-4-5-6-7-8-9-10-11-2/h3-4H,5-10H2,1-2H3. The van der Waals surface area contributed by atoms with Gasteiger partial charge in [-0.2, -0.15) is 0 Å². The van der Waals surface area contributed by atoms with Crippen molar-refractivity contribution < 1.29 is 0 Å². The summed E-state index contributed by atoms with van der Waals surface area (Å²) in [4.78, 5) is 0. The third-order valence-corrected chi connectivity index (χ3v) is 3.17. The molecule has 0 heterocycles. The molecule has 0 saturated heterocycles. The third-order valence-electron chi connectivity index (χ3n) is 1.70. The van der Waals surface area contributed by atoms with Gasteiger partial charge >= 0.3 is 77.3 Å². The van der Waals surface area contributed by atoms with Crippen LogP contribution in [-0.4, -0.2) is 15.0 Å². The predicted molar refractivity (Wildman–Crippen MR) is 54.3 cm³/mol. The van der Waals surface area contributed by atoms with Gasteiger partial charge in [0.15, 0.2) is 0 Å². The zero-order valence-electron chi connectivity index (χ0n) is 7.81. The maximum atomic E-state index is 2.33. The van der Waals surface area contributed by atoms with Crippen LogP contribution in [-0.2, 0) is 0 Å². The van der Waals surface area contributed by atoms with Crippen molar-refractivity contribution in [3.8, 4) is 0 Å². The van der Waals surface area contributed by atoms with Crippen molar-refractivity contribution in [2.45, 2.75) is 50.2 Å². The van der Waals surface area contributed by atoms with Gasteiger partial charge in [-0.05, 0) is 0 Å². The van der Waals surface area contributed by atoms with Gasteiger partial charge in [-0.3, -0.25) is 0 Å². The van der Waals surface area contributed by atoms with Crippen LogP contribution in [0, 0.1) is 0 Å². The Hall–Kier alpha value is 0.259. The van der Waals surface area contributed by atoms with Gasteiger partial charge < -0.3 is 0 Å². The first-order valence-electron chi connectivity index (χ1n) is 4.52. The molecule has 0 nitrogen and oxygen atoms in total. The Labute approximate surface area is 77.6 Å². The van der Waals surface area contributed by atoms with Crippen LogP contribution in [0.2, 0.25) is 11.1 Å². The molecule has 1 heteroatoms. The van der Waals surface area contributed by atoms with Crippen molar-refractivity contribution in [1.82, 2.24) is 0 Å². The SMILES string of the molecule is CC=CCCCCCC[Se]C. The molecule has 0 rings (SSSR count). The quantitative estimate of drug-likeness (QED) is 0.348. The molecule has 0 N–H and O–H groups in total. The number of unbranched alkanes of at least 4 members (excludes halogenated alkanes) is 4. The van der Waals surface area contributed by atoms with Gasteiger partial charge in [-0.25, -0.2) is 0 Å². The topological polar surface area (TPSA) is 0 Å². The van der Waals surface area contributed by atoms with Gasteiger partial charge in [0.25, 0.3) is 0 Å². The van der Waals surface area contributed by atoms with Crippen LogP contribution in [0.5, 0.6) is 0 Å². The van der Waals surface area contributed by atoms with E-state index in [4.69, 9.17) is 0 Å². The third kappa shape index (κ3) is 10.3. The Balaban J connectivity index is 2.79. The summed E-state index contributed by atoms with van der Waals surface area (Å²) in [7, 11) is 0. The van der Waals surface area contributed by atoms with E-state index < -0.39 is 0 Å². The number of allylic oxidation sites excluding steroid dienone is 2. The first-order chi connectivity index (χ1) is 5.41. The Kier molecular flexibility index (Phi) is 10.5. The second-order valence-electron chi connectivity index (χ2n) is 2.76. The summed E-state index contributed by atoms with van der Waals surface area (Å²) in [6, 6.07) is 0. The van der Waals surface area contributed by atoms with E-state index in [0.717, 1.165) is 15.0 Å². The van der Waals surface area contributed by atoms with Gasteiger partial charge in [0.2, 0.25) is 0 Å². The van der Waals surface area contributed by atoms with Crippen LogP contribution in [0.4, 0.5) is 0 Å². The molecular weight excluding hydrogens is 199 g/mol. The van der Waals surface area contributed by atoms with Gasteiger partial charge in [0, 0.05) is 0 Å². The van der Waals surface area contributed by atoms with E-state index in [0.29, 0.717) is 0 Å². The molecule has 0 amide bonds. The Morgan fingerprint density at radius 1 is 1.09 bits per heavy atom. The molecule has 0 aliphatic heterocycles. The first kappa shape index (κ1) is 11.3. The average molecular weight is 219 g/mol. The van der Waals surface area contributed by atoms with Crippen LogP contribution in [0.15, 0.2) is 12.2 Å². The second-order valence-corrected chi connectivity index (χ2v) is 4.83. The Morgan fingerprint density at radius 3 is 2.45 bits per heavy atom. The summed E-state index contributed by atoms with van der Waals surface area (Å²) in [6.07, 6.45) is 11.4. The molecule has 0 aromatic heterocycles. The fourth-order valence-electron chi connectivity index (χ4n) is 1.03. The number of hydrogen-bond donors (Lipinski definition) is 0. The molecule has 0 unspecified atom stereocenters. The van der Waals surface area contributed by atoms with Crippen molar-refractivity contribution in [2.24, 2.45) is 0 Å². The van der Waals surface area contributed by atoms with Crippen molar-refractivity contribution in [1.29, 1.82) is 0 Å². The predicted octanol–water partition coefficient (Wildman–Crippen LogP) is 3.68. The monoisotopic (exact) mass is 220 g/mol. The van der Waals surface area contributed by atoms with E-state index >= 15 is 0 Å². The van der Waals surface area contributed by atoms with Crippen LogP contribution in [0.1, 0.15) is 39.0 Å². The number of rotatable bonds is 7. The molecule has 0 spiro atoms. The summed E-state index contributed by atoms with van der Waals surface area (Å²) >= 11 is 0.906. The summed E-state index contributed by atoms with van der Waals surface area (Å²) in [5, 5.41) is 1.48. The van der Waals surface area contributed by atoms with E-state index in [2.05, 4.69) is 24.9 Å².